The third-order valence-corrected chi connectivity index (χ3v) is 6.51. The molecule has 6 aromatic rings. The standard InChI is InChI=1S/C31H21N3O/c1-3-10-23(11-4-1)32-24-15-16-26-28(19-24)34(25-12-5-2-6-13-25)29-20-31-22(18-27(29)33-26)17-21-9-7-8-14-30(21)35-31/h1-16,18-20H,17H2/p+1. The van der Waals surface area contributed by atoms with Gasteiger partial charge in [-0.1, -0.05) is 54.6 Å². The first-order valence-electron chi connectivity index (χ1n) is 11.8. The number of hydrogen-bond donors (Lipinski definition) is 1. The summed E-state index contributed by atoms with van der Waals surface area (Å²) in [5, 5.41) is 3.52. The molecule has 0 saturated heterocycles. The van der Waals surface area contributed by atoms with Crippen LogP contribution in [0.25, 0.3) is 27.8 Å². The Labute approximate surface area is 203 Å². The number of anilines is 2. The summed E-state index contributed by atoms with van der Waals surface area (Å²) in [6.07, 6.45) is 0.840. The molecule has 0 aliphatic carbocycles. The van der Waals surface area contributed by atoms with Crippen molar-refractivity contribution >= 4 is 33.4 Å². The average Bonchev–Trinajstić information content (AvgIpc) is 2.90. The van der Waals surface area contributed by atoms with Crippen LogP contribution in [-0.2, 0) is 6.42 Å². The Balaban J connectivity index is 1.46. The summed E-state index contributed by atoms with van der Waals surface area (Å²) in [7, 11) is 0. The van der Waals surface area contributed by atoms with Gasteiger partial charge in [0.05, 0.1) is 6.07 Å². The molecule has 1 N–H and O–H groups in total. The van der Waals surface area contributed by atoms with Crippen LogP contribution in [0, 0.1) is 0 Å². The topological polar surface area (TPSA) is 38.0 Å². The summed E-state index contributed by atoms with van der Waals surface area (Å²) in [5.41, 5.74) is 9.43. The first-order chi connectivity index (χ1) is 17.3. The minimum absolute atomic E-state index is 0.840. The summed E-state index contributed by atoms with van der Waals surface area (Å²) in [6, 6.07) is 39.5. The number of nitrogens with one attached hydrogen (secondary N) is 1. The van der Waals surface area contributed by atoms with Gasteiger partial charge in [0.15, 0.2) is 0 Å². The maximum atomic E-state index is 6.34. The molecule has 0 spiro atoms. The molecule has 4 heteroatoms. The van der Waals surface area contributed by atoms with E-state index in [2.05, 4.69) is 88.7 Å². The van der Waals surface area contributed by atoms with Crippen molar-refractivity contribution in [3.8, 4) is 17.2 Å². The third-order valence-electron chi connectivity index (χ3n) is 6.51. The highest BCUT2D eigenvalue weighted by Gasteiger charge is 2.25. The lowest BCUT2D eigenvalue weighted by Crippen LogP contribution is -2.33. The van der Waals surface area contributed by atoms with Crippen LogP contribution in [0.15, 0.2) is 115 Å². The zero-order chi connectivity index (χ0) is 23.2. The molecule has 0 atom stereocenters. The van der Waals surface area contributed by atoms with E-state index in [9.17, 15) is 0 Å². The molecule has 0 saturated carbocycles. The number of ether oxygens (including phenoxy) is 1. The highest BCUT2D eigenvalue weighted by atomic mass is 16.5. The maximum absolute atomic E-state index is 6.34. The second-order valence-corrected chi connectivity index (χ2v) is 8.81. The van der Waals surface area contributed by atoms with Gasteiger partial charge in [-0.15, -0.1) is 4.57 Å². The van der Waals surface area contributed by atoms with E-state index >= 15 is 0 Å². The first kappa shape index (κ1) is 19.7. The molecular weight excluding hydrogens is 430 g/mol. The van der Waals surface area contributed by atoms with E-state index in [0.717, 1.165) is 62.6 Å². The van der Waals surface area contributed by atoms with E-state index in [1.54, 1.807) is 0 Å². The Morgan fingerprint density at radius 3 is 2.20 bits per heavy atom. The highest BCUT2D eigenvalue weighted by Crippen LogP contribution is 2.38. The molecule has 0 fully saturated rings. The average molecular weight is 453 g/mol. The van der Waals surface area contributed by atoms with E-state index in [1.807, 2.05) is 36.4 Å². The van der Waals surface area contributed by atoms with Crippen molar-refractivity contribution in [2.24, 2.45) is 0 Å². The summed E-state index contributed by atoms with van der Waals surface area (Å²) in [4.78, 5) is 5.07. The van der Waals surface area contributed by atoms with Crippen LogP contribution in [0.3, 0.4) is 0 Å². The van der Waals surface area contributed by atoms with Gasteiger partial charge in [-0.25, -0.2) is 4.98 Å². The Hall–Kier alpha value is -4.70. The van der Waals surface area contributed by atoms with Crippen LogP contribution in [-0.4, -0.2) is 4.98 Å². The number of para-hydroxylation sites is 3. The first-order valence-corrected chi connectivity index (χ1v) is 11.8. The Morgan fingerprint density at radius 1 is 0.600 bits per heavy atom. The van der Waals surface area contributed by atoms with Gasteiger partial charge in [-0.2, -0.15) is 0 Å². The molecule has 166 valence electrons. The number of fused-ring (bicyclic) bond motifs is 4. The van der Waals surface area contributed by atoms with Crippen molar-refractivity contribution in [2.75, 3.05) is 5.32 Å². The van der Waals surface area contributed by atoms with Gasteiger partial charge in [0, 0.05) is 41.6 Å². The quantitative estimate of drug-likeness (QED) is 0.229. The molecule has 0 radical (unpaired) electrons. The molecule has 4 nitrogen and oxygen atoms in total. The van der Waals surface area contributed by atoms with Gasteiger partial charge >= 0.3 is 0 Å². The minimum Gasteiger partial charge on any atom is -0.457 e. The zero-order valence-corrected chi connectivity index (χ0v) is 19.0. The van der Waals surface area contributed by atoms with Crippen molar-refractivity contribution in [1.29, 1.82) is 0 Å². The monoisotopic (exact) mass is 452 g/mol. The van der Waals surface area contributed by atoms with Gasteiger partial charge < -0.3 is 10.1 Å². The predicted octanol–water partition coefficient (Wildman–Crippen LogP) is 7.10. The van der Waals surface area contributed by atoms with Crippen LogP contribution in [0.4, 0.5) is 11.4 Å². The van der Waals surface area contributed by atoms with Crippen molar-refractivity contribution < 1.29 is 9.30 Å². The number of rotatable bonds is 3. The van der Waals surface area contributed by atoms with Crippen molar-refractivity contribution in [3.63, 3.8) is 0 Å². The molecular formula is C31H22N3O+. The fourth-order valence-corrected chi connectivity index (χ4v) is 4.85. The number of nitrogens with zero attached hydrogens (tertiary/aromatic N) is 2. The molecule has 7 rings (SSSR count). The van der Waals surface area contributed by atoms with Gasteiger partial charge in [0.1, 0.15) is 22.5 Å². The third kappa shape index (κ3) is 3.47. The number of benzene rings is 5. The summed E-state index contributed by atoms with van der Waals surface area (Å²) >= 11 is 0. The van der Waals surface area contributed by atoms with Crippen molar-refractivity contribution in [1.82, 2.24) is 4.98 Å². The Kier molecular flexibility index (Phi) is 4.49. The summed E-state index contributed by atoms with van der Waals surface area (Å²) in [6.45, 7) is 0. The fraction of sp³-hybridized carbons (Fsp3) is 0.0323. The lowest BCUT2D eigenvalue weighted by molar-refractivity contribution is -0.538. The molecule has 0 unspecified atom stereocenters. The lowest BCUT2D eigenvalue weighted by atomic mass is 9.99. The van der Waals surface area contributed by atoms with Gasteiger partial charge in [0.2, 0.25) is 16.7 Å². The Bertz CT molecular complexity index is 1710. The normalized spacial score (nSPS) is 12.1. The van der Waals surface area contributed by atoms with E-state index in [1.165, 1.54) is 5.56 Å². The van der Waals surface area contributed by atoms with Crippen LogP contribution in [0.5, 0.6) is 11.5 Å². The molecule has 0 bridgehead atoms. The van der Waals surface area contributed by atoms with E-state index in [4.69, 9.17) is 9.72 Å². The second-order valence-electron chi connectivity index (χ2n) is 8.81. The molecule has 1 aliphatic heterocycles. The SMILES string of the molecule is c1ccc(Nc2ccc3nc4cc5c(cc4[n+](-c4ccccc4)c3c2)Oc2ccccc2C5)cc1. The second kappa shape index (κ2) is 7.96. The van der Waals surface area contributed by atoms with E-state index in [0.29, 0.717) is 0 Å². The smallest absolute Gasteiger partial charge is 0.241 e. The van der Waals surface area contributed by atoms with Crippen LogP contribution < -0.4 is 14.6 Å². The lowest BCUT2D eigenvalue weighted by Gasteiger charge is -2.20. The van der Waals surface area contributed by atoms with Gasteiger partial charge in [-0.3, -0.25) is 0 Å². The minimum atomic E-state index is 0.840. The molecule has 1 aromatic heterocycles. The highest BCUT2D eigenvalue weighted by molar-refractivity contribution is 5.86. The molecule has 2 heterocycles. The number of hydrogen-bond acceptors (Lipinski definition) is 3. The van der Waals surface area contributed by atoms with Gasteiger partial charge in [-0.05, 0) is 42.0 Å². The van der Waals surface area contributed by atoms with E-state index in [-0.39, 0.29) is 0 Å². The Morgan fingerprint density at radius 2 is 1.34 bits per heavy atom. The van der Waals surface area contributed by atoms with Crippen LogP contribution in [0.2, 0.25) is 0 Å². The molecule has 5 aromatic carbocycles. The number of aromatic nitrogens is 2. The molecule has 0 amide bonds. The van der Waals surface area contributed by atoms with Crippen LogP contribution in [0.1, 0.15) is 11.1 Å². The van der Waals surface area contributed by atoms with Crippen molar-refractivity contribution in [3.05, 3.63) is 126 Å². The molecule has 35 heavy (non-hydrogen) atoms. The fourth-order valence-electron chi connectivity index (χ4n) is 4.85. The largest absolute Gasteiger partial charge is 0.457 e. The molecule has 1 aliphatic rings. The zero-order valence-electron chi connectivity index (χ0n) is 19.0. The van der Waals surface area contributed by atoms with Crippen molar-refractivity contribution in [2.45, 2.75) is 6.42 Å². The van der Waals surface area contributed by atoms with E-state index < -0.39 is 0 Å². The summed E-state index contributed by atoms with van der Waals surface area (Å²) < 4.78 is 8.61. The maximum Gasteiger partial charge on any atom is 0.241 e. The predicted molar refractivity (Wildman–Crippen MR) is 140 cm³/mol. The van der Waals surface area contributed by atoms with Crippen LogP contribution >= 0.6 is 0 Å². The summed E-state index contributed by atoms with van der Waals surface area (Å²) in [5.74, 6) is 1.81. The van der Waals surface area contributed by atoms with Gasteiger partial charge in [0.25, 0.3) is 0 Å².